The fourth-order valence-electron chi connectivity index (χ4n) is 3.60. The van der Waals surface area contributed by atoms with Crippen molar-refractivity contribution in [3.05, 3.63) is 0 Å². The van der Waals surface area contributed by atoms with Crippen molar-refractivity contribution in [1.82, 2.24) is 8.68 Å². The summed E-state index contributed by atoms with van der Waals surface area (Å²) in [5, 5.41) is 0. The van der Waals surface area contributed by atoms with Gasteiger partial charge in [0.05, 0.1) is 0 Å². The van der Waals surface area contributed by atoms with E-state index in [4.69, 9.17) is 0 Å². The van der Waals surface area contributed by atoms with Crippen molar-refractivity contribution in [2.75, 3.05) is 0 Å². The fraction of sp³-hybridized carbons (Fsp3) is 1.00. The summed E-state index contributed by atoms with van der Waals surface area (Å²) in [7, 11) is -3.59. The van der Waals surface area contributed by atoms with E-state index in [9.17, 15) is 0 Å². The molecule has 1 aliphatic heterocycles. The van der Waals surface area contributed by atoms with Gasteiger partial charge in [0.2, 0.25) is 8.40 Å². The second kappa shape index (κ2) is 6.13. The summed E-state index contributed by atoms with van der Waals surface area (Å²) >= 11 is 0. The van der Waals surface area contributed by atoms with E-state index in [1.165, 1.54) is 37.8 Å². The molecular weight excluding hydrogens is 280 g/mol. The molecule has 19 heavy (non-hydrogen) atoms. The molecule has 0 amide bonds. The van der Waals surface area contributed by atoms with E-state index in [0.717, 1.165) is 0 Å². The lowest BCUT2D eigenvalue weighted by molar-refractivity contribution is 0.574. The maximum absolute atomic E-state index is 3.01. The molecule has 0 aromatic rings. The first-order chi connectivity index (χ1) is 8.61. The van der Waals surface area contributed by atoms with Crippen LogP contribution in [0.15, 0.2) is 0 Å². The van der Waals surface area contributed by atoms with Crippen LogP contribution >= 0.6 is 0 Å². The molecule has 0 aromatic heterocycles. The molecule has 114 valence electrons. The fourth-order valence-corrected chi connectivity index (χ4v) is 25.4. The van der Waals surface area contributed by atoms with E-state index >= 15 is 0 Å². The lowest BCUT2D eigenvalue weighted by Crippen LogP contribution is -2.42. The maximum atomic E-state index is 3.01. The van der Waals surface area contributed by atoms with Crippen LogP contribution < -0.4 is 0 Å². The summed E-state index contributed by atoms with van der Waals surface area (Å²) in [4.78, 5) is 0. The molecule has 0 saturated carbocycles. The van der Waals surface area contributed by atoms with Gasteiger partial charge in [-0.1, -0.05) is 78.8 Å². The van der Waals surface area contributed by atoms with Gasteiger partial charge in [0.25, 0.3) is 0 Å². The van der Waals surface area contributed by atoms with Gasteiger partial charge in [-0.25, -0.2) is 0 Å². The van der Waals surface area contributed by atoms with E-state index in [1.807, 2.05) is 0 Å². The Labute approximate surface area is 124 Å². The normalized spacial score (nSPS) is 26.5. The second-order valence-electron chi connectivity index (χ2n) is 8.15. The van der Waals surface area contributed by atoms with Crippen molar-refractivity contribution < 1.29 is 0 Å². The number of hydrazine groups is 1. The van der Waals surface area contributed by atoms with Crippen molar-refractivity contribution >= 4 is 24.9 Å². The van der Waals surface area contributed by atoms with E-state index in [0.29, 0.717) is 0 Å². The van der Waals surface area contributed by atoms with Gasteiger partial charge in [-0.05, 0) is 12.1 Å². The maximum Gasteiger partial charge on any atom is 0.218 e. The molecule has 0 aromatic carbocycles. The van der Waals surface area contributed by atoms with Crippen LogP contribution in [0.4, 0.5) is 0 Å². The van der Waals surface area contributed by atoms with Gasteiger partial charge in [0.15, 0.2) is 0 Å². The minimum atomic E-state index is -1.23. The first-order valence-electron chi connectivity index (χ1n) is 8.22. The van der Waals surface area contributed by atoms with Crippen molar-refractivity contribution in [2.24, 2.45) is 0 Å². The summed E-state index contributed by atoms with van der Waals surface area (Å²) in [6.45, 7) is 20.0. The zero-order chi connectivity index (χ0) is 14.9. The van der Waals surface area contributed by atoms with E-state index < -0.39 is 24.9 Å². The standard InChI is InChI=1S/C14H36N2Si3/c1-9-11-13-19(14-12-10-2)15(17(3,4)5)16(19)18(6,7)8/h9-14H2,1-8H3. The smallest absolute Gasteiger partial charge is 0.218 e. The highest BCUT2D eigenvalue weighted by molar-refractivity contribution is 7.04. The van der Waals surface area contributed by atoms with Crippen molar-refractivity contribution in [1.29, 1.82) is 0 Å². The van der Waals surface area contributed by atoms with Crippen LogP contribution in [0.1, 0.15) is 39.5 Å². The van der Waals surface area contributed by atoms with Gasteiger partial charge in [-0.15, -0.1) is 0 Å². The third-order valence-corrected chi connectivity index (χ3v) is 18.3. The SMILES string of the molecule is CCCC[Si]1(CCCC)N([Si](C)(C)C)N1[Si](C)(C)C. The zero-order valence-corrected chi connectivity index (χ0v) is 17.6. The summed E-state index contributed by atoms with van der Waals surface area (Å²) in [6.07, 6.45) is 5.61. The monoisotopic (exact) mass is 316 g/mol. The minimum absolute atomic E-state index is 1.18. The highest BCUT2D eigenvalue weighted by Gasteiger charge is 2.68. The van der Waals surface area contributed by atoms with E-state index in [1.54, 1.807) is 0 Å². The molecule has 0 aliphatic carbocycles. The molecule has 1 aliphatic rings. The van der Waals surface area contributed by atoms with Gasteiger partial charge < -0.3 is 0 Å². The minimum Gasteiger partial charge on any atom is -0.281 e. The Balaban J connectivity index is 2.98. The molecule has 2 atom stereocenters. The lowest BCUT2D eigenvalue weighted by atomic mass is 10.4. The van der Waals surface area contributed by atoms with Crippen LogP contribution in [-0.2, 0) is 0 Å². The Morgan fingerprint density at radius 1 is 0.684 bits per heavy atom. The predicted molar refractivity (Wildman–Crippen MR) is 95.6 cm³/mol. The molecule has 1 fully saturated rings. The van der Waals surface area contributed by atoms with Crippen molar-refractivity contribution in [3.8, 4) is 0 Å². The Kier molecular flexibility index (Phi) is 5.69. The van der Waals surface area contributed by atoms with E-state index in [-0.39, 0.29) is 0 Å². The Bertz CT molecular complexity index is 264. The number of hydrogen-bond acceptors (Lipinski definition) is 2. The molecule has 1 heterocycles. The molecular formula is C14H36N2Si3. The highest BCUT2D eigenvalue weighted by Crippen LogP contribution is 2.50. The molecule has 0 radical (unpaired) electrons. The summed E-state index contributed by atoms with van der Waals surface area (Å²) < 4.78 is 6.02. The third-order valence-electron chi connectivity index (χ3n) is 4.08. The zero-order valence-electron chi connectivity index (χ0n) is 14.6. The number of unbranched alkanes of at least 4 members (excludes halogenated alkanes) is 2. The summed E-state index contributed by atoms with van der Waals surface area (Å²) in [5.74, 6) is 0. The Morgan fingerprint density at radius 3 is 1.21 bits per heavy atom. The van der Waals surface area contributed by atoms with Crippen LogP contribution in [0, 0.1) is 0 Å². The Morgan fingerprint density at radius 2 is 1.00 bits per heavy atom. The predicted octanol–water partition coefficient (Wildman–Crippen LogP) is 5.23. The lowest BCUT2D eigenvalue weighted by Gasteiger charge is -2.26. The van der Waals surface area contributed by atoms with Gasteiger partial charge in [-0.2, -0.15) is 0 Å². The van der Waals surface area contributed by atoms with Crippen LogP contribution in [0.25, 0.3) is 0 Å². The molecule has 0 N–H and O–H groups in total. The van der Waals surface area contributed by atoms with Gasteiger partial charge >= 0.3 is 0 Å². The molecule has 5 heteroatoms. The van der Waals surface area contributed by atoms with Crippen LogP contribution in [0.5, 0.6) is 0 Å². The molecule has 0 bridgehead atoms. The number of rotatable bonds is 8. The molecule has 1 rings (SSSR count). The van der Waals surface area contributed by atoms with E-state index in [2.05, 4.69) is 61.8 Å². The summed E-state index contributed by atoms with van der Waals surface area (Å²) in [5.41, 5.74) is 0. The van der Waals surface area contributed by atoms with Gasteiger partial charge in [0, 0.05) is 0 Å². The van der Waals surface area contributed by atoms with Crippen molar-refractivity contribution in [2.45, 2.75) is 90.9 Å². The van der Waals surface area contributed by atoms with Crippen LogP contribution in [0.3, 0.4) is 0 Å². The van der Waals surface area contributed by atoms with Gasteiger partial charge in [0.1, 0.15) is 16.5 Å². The first-order valence-corrected chi connectivity index (χ1v) is 17.4. The largest absolute Gasteiger partial charge is 0.281 e. The summed E-state index contributed by atoms with van der Waals surface area (Å²) in [6, 6.07) is 3.05. The first kappa shape index (κ1) is 17.6. The van der Waals surface area contributed by atoms with Crippen LogP contribution in [0.2, 0.25) is 51.4 Å². The quantitative estimate of drug-likeness (QED) is 0.446. The topological polar surface area (TPSA) is 6.02 Å². The molecule has 0 spiro atoms. The van der Waals surface area contributed by atoms with Crippen LogP contribution in [-0.4, -0.2) is 33.5 Å². The number of hydrogen-bond donors (Lipinski definition) is 0. The molecule has 2 unspecified atom stereocenters. The second-order valence-corrected chi connectivity index (χ2v) is 22.4. The third kappa shape index (κ3) is 3.81. The average molecular weight is 317 g/mol. The molecule has 2 nitrogen and oxygen atoms in total. The van der Waals surface area contributed by atoms with Gasteiger partial charge in [-0.3, -0.25) is 8.68 Å². The number of nitrogens with zero attached hydrogens (tertiary/aromatic N) is 2. The van der Waals surface area contributed by atoms with Crippen molar-refractivity contribution in [3.63, 3.8) is 0 Å². The Hall–Kier alpha value is 0.571. The molecule has 1 saturated heterocycles. The average Bonchev–Trinajstić information content (AvgIpc) is 2.93. The highest BCUT2D eigenvalue weighted by atomic mass is 28.5.